The lowest BCUT2D eigenvalue weighted by molar-refractivity contribution is 1.41. The molecule has 0 aliphatic heterocycles. The fourth-order valence-electron chi connectivity index (χ4n) is 1.80. The number of rotatable bonds is 1. The van der Waals surface area contributed by atoms with Crippen molar-refractivity contribution in [3.8, 4) is 11.3 Å². The molecule has 0 fully saturated rings. The number of halogens is 2. The van der Waals surface area contributed by atoms with Gasteiger partial charge in [0.1, 0.15) is 0 Å². The van der Waals surface area contributed by atoms with Gasteiger partial charge in [0.15, 0.2) is 5.13 Å². The summed E-state index contributed by atoms with van der Waals surface area (Å²) >= 11 is 13.6. The van der Waals surface area contributed by atoms with Crippen molar-refractivity contribution in [3.63, 3.8) is 0 Å². The minimum atomic E-state index is 0.541. The van der Waals surface area contributed by atoms with E-state index in [-0.39, 0.29) is 0 Å². The van der Waals surface area contributed by atoms with Gasteiger partial charge < -0.3 is 10.7 Å². The lowest BCUT2D eigenvalue weighted by atomic mass is 10.1. The summed E-state index contributed by atoms with van der Waals surface area (Å²) in [5.41, 5.74) is 8.29. The van der Waals surface area contributed by atoms with E-state index in [1.165, 1.54) is 11.3 Å². The highest BCUT2D eigenvalue weighted by molar-refractivity contribution is 7.13. The highest BCUT2D eigenvalue weighted by atomic mass is 35.5. The van der Waals surface area contributed by atoms with Crippen LogP contribution in [0.4, 0.5) is 5.13 Å². The molecule has 0 amide bonds. The first kappa shape index (κ1) is 10.9. The molecule has 0 radical (unpaired) electrons. The second-order valence-corrected chi connectivity index (χ2v) is 5.32. The van der Waals surface area contributed by atoms with Crippen molar-refractivity contribution in [2.75, 3.05) is 5.73 Å². The first-order chi connectivity index (χ1) is 8.15. The highest BCUT2D eigenvalue weighted by Crippen LogP contribution is 2.36. The lowest BCUT2D eigenvalue weighted by Crippen LogP contribution is -1.82. The van der Waals surface area contributed by atoms with Crippen molar-refractivity contribution in [2.45, 2.75) is 0 Å². The minimum absolute atomic E-state index is 0.541. The van der Waals surface area contributed by atoms with Gasteiger partial charge in [0, 0.05) is 33.1 Å². The molecular weight excluding hydrogens is 277 g/mol. The Bertz CT molecular complexity index is 702. The highest BCUT2D eigenvalue weighted by Gasteiger charge is 2.12. The number of hydrogen-bond donors (Lipinski definition) is 2. The normalized spacial score (nSPS) is 11.2. The second kappa shape index (κ2) is 3.91. The number of fused-ring (bicyclic) bond motifs is 1. The maximum Gasteiger partial charge on any atom is 0.180 e. The van der Waals surface area contributed by atoms with Crippen molar-refractivity contribution in [2.24, 2.45) is 0 Å². The largest absolute Gasteiger partial charge is 0.375 e. The molecule has 0 saturated heterocycles. The van der Waals surface area contributed by atoms with E-state index >= 15 is 0 Å². The Balaban J connectivity index is 2.31. The Morgan fingerprint density at radius 1 is 1.29 bits per heavy atom. The third-order valence-electron chi connectivity index (χ3n) is 2.49. The number of hydrogen-bond acceptors (Lipinski definition) is 3. The van der Waals surface area contributed by atoms with Crippen LogP contribution in [-0.4, -0.2) is 9.97 Å². The average molecular weight is 284 g/mol. The molecule has 0 saturated carbocycles. The summed E-state index contributed by atoms with van der Waals surface area (Å²) in [4.78, 5) is 7.38. The van der Waals surface area contributed by atoms with Crippen LogP contribution in [0.25, 0.3) is 22.2 Å². The Morgan fingerprint density at radius 3 is 2.82 bits per heavy atom. The SMILES string of the molecule is Nc1nc(-c2c[nH]c3cc(Cl)cc(Cl)c23)cs1. The Kier molecular flexibility index (Phi) is 2.50. The van der Waals surface area contributed by atoms with Crippen LogP contribution >= 0.6 is 34.5 Å². The van der Waals surface area contributed by atoms with Gasteiger partial charge in [-0.3, -0.25) is 0 Å². The van der Waals surface area contributed by atoms with Gasteiger partial charge in [-0.1, -0.05) is 23.2 Å². The van der Waals surface area contributed by atoms with Crippen LogP contribution < -0.4 is 5.73 Å². The number of nitrogen functional groups attached to an aromatic ring is 1. The Morgan fingerprint density at radius 2 is 2.12 bits per heavy atom. The van der Waals surface area contributed by atoms with Crippen molar-refractivity contribution in [1.82, 2.24) is 9.97 Å². The van der Waals surface area contributed by atoms with E-state index in [2.05, 4.69) is 9.97 Å². The summed E-state index contributed by atoms with van der Waals surface area (Å²) < 4.78 is 0. The summed E-state index contributed by atoms with van der Waals surface area (Å²) in [7, 11) is 0. The zero-order chi connectivity index (χ0) is 12.0. The number of nitrogens with one attached hydrogen (secondary N) is 1. The van der Waals surface area contributed by atoms with Crippen molar-refractivity contribution in [3.05, 3.63) is 33.8 Å². The second-order valence-electron chi connectivity index (χ2n) is 3.58. The molecule has 2 heterocycles. The van der Waals surface area contributed by atoms with E-state index in [9.17, 15) is 0 Å². The first-order valence-electron chi connectivity index (χ1n) is 4.82. The van der Waals surface area contributed by atoms with Crippen LogP contribution in [0.2, 0.25) is 10.0 Å². The molecule has 0 aliphatic rings. The number of nitrogens with two attached hydrogens (primary N) is 1. The maximum atomic E-state index is 6.21. The molecule has 0 atom stereocenters. The van der Waals surface area contributed by atoms with Crippen molar-refractivity contribution < 1.29 is 0 Å². The van der Waals surface area contributed by atoms with E-state index in [1.807, 2.05) is 17.6 Å². The molecule has 0 aliphatic carbocycles. The van der Waals surface area contributed by atoms with Crippen LogP contribution in [0.3, 0.4) is 0 Å². The van der Waals surface area contributed by atoms with Crippen molar-refractivity contribution in [1.29, 1.82) is 0 Å². The molecule has 86 valence electrons. The van der Waals surface area contributed by atoms with Gasteiger partial charge >= 0.3 is 0 Å². The molecule has 2 aromatic heterocycles. The molecular formula is C11H7Cl2N3S. The van der Waals surface area contributed by atoms with Gasteiger partial charge in [0.05, 0.1) is 10.7 Å². The van der Waals surface area contributed by atoms with E-state index in [1.54, 1.807) is 6.07 Å². The molecule has 6 heteroatoms. The number of nitrogens with zero attached hydrogens (tertiary/aromatic N) is 1. The topological polar surface area (TPSA) is 54.7 Å². The zero-order valence-corrected chi connectivity index (χ0v) is 10.8. The van der Waals surface area contributed by atoms with Crippen LogP contribution in [0.5, 0.6) is 0 Å². The van der Waals surface area contributed by atoms with Gasteiger partial charge in [-0.25, -0.2) is 4.98 Å². The van der Waals surface area contributed by atoms with Crippen molar-refractivity contribution >= 4 is 50.6 Å². The van der Waals surface area contributed by atoms with Gasteiger partial charge in [-0.15, -0.1) is 11.3 Å². The quantitative estimate of drug-likeness (QED) is 0.704. The number of anilines is 1. The van der Waals surface area contributed by atoms with E-state index in [4.69, 9.17) is 28.9 Å². The van der Waals surface area contributed by atoms with E-state index in [0.29, 0.717) is 15.2 Å². The number of benzene rings is 1. The molecule has 0 unspecified atom stereocenters. The minimum Gasteiger partial charge on any atom is -0.375 e. The molecule has 3 nitrogen and oxygen atoms in total. The molecule has 3 rings (SSSR count). The number of aromatic amines is 1. The maximum absolute atomic E-state index is 6.21. The molecule has 17 heavy (non-hydrogen) atoms. The average Bonchev–Trinajstić information content (AvgIpc) is 2.83. The predicted molar refractivity (Wildman–Crippen MR) is 73.8 cm³/mol. The number of aromatic nitrogens is 2. The summed E-state index contributed by atoms with van der Waals surface area (Å²) in [6.07, 6.45) is 1.86. The fourth-order valence-corrected chi connectivity index (χ4v) is 2.95. The first-order valence-corrected chi connectivity index (χ1v) is 6.46. The smallest absolute Gasteiger partial charge is 0.180 e. The molecule has 1 aromatic carbocycles. The summed E-state index contributed by atoms with van der Waals surface area (Å²) in [6, 6.07) is 3.56. The van der Waals surface area contributed by atoms with E-state index in [0.717, 1.165) is 22.2 Å². The van der Waals surface area contributed by atoms with Gasteiger partial charge in [0.25, 0.3) is 0 Å². The standard InChI is InChI=1S/C11H7Cl2N3S/c12-5-1-7(13)10-6(3-15-8(10)2-5)9-4-17-11(14)16-9/h1-4,15H,(H2,14,16). The number of thiazole rings is 1. The zero-order valence-electron chi connectivity index (χ0n) is 8.50. The summed E-state index contributed by atoms with van der Waals surface area (Å²) in [5, 5.41) is 4.58. The molecule has 3 N–H and O–H groups in total. The van der Waals surface area contributed by atoms with Gasteiger partial charge in [-0.05, 0) is 12.1 Å². The monoisotopic (exact) mass is 283 g/mol. The van der Waals surface area contributed by atoms with Crippen LogP contribution in [0.15, 0.2) is 23.7 Å². The Labute approximate surface area is 111 Å². The summed E-state index contributed by atoms with van der Waals surface area (Å²) in [5.74, 6) is 0. The molecule has 0 bridgehead atoms. The van der Waals surface area contributed by atoms with Gasteiger partial charge in [0.2, 0.25) is 0 Å². The fraction of sp³-hybridized carbons (Fsp3) is 0. The molecule has 0 spiro atoms. The van der Waals surface area contributed by atoms with Crippen LogP contribution in [0.1, 0.15) is 0 Å². The molecule has 3 aromatic rings. The number of H-pyrrole nitrogens is 1. The van der Waals surface area contributed by atoms with Crippen LogP contribution in [-0.2, 0) is 0 Å². The Hall–Kier alpha value is -1.23. The van der Waals surface area contributed by atoms with E-state index < -0.39 is 0 Å². The third kappa shape index (κ3) is 1.78. The lowest BCUT2D eigenvalue weighted by Gasteiger charge is -1.98. The predicted octanol–water partition coefficient (Wildman–Crippen LogP) is 4.18. The summed E-state index contributed by atoms with van der Waals surface area (Å²) in [6.45, 7) is 0. The van der Waals surface area contributed by atoms with Gasteiger partial charge in [-0.2, -0.15) is 0 Å². The third-order valence-corrected chi connectivity index (χ3v) is 3.68. The van der Waals surface area contributed by atoms with Crippen LogP contribution in [0, 0.1) is 0 Å².